The molecule has 0 saturated carbocycles. The standard InChI is InChI=1S/C13H14N4OS/c1-8-6-9(12(15)18)2-3-10(8)7-19-13-11(14)16-4-5-17-13/h2-6H,7H2,1H3,(H2,14,16)(H2,15,18). The number of nitrogens with two attached hydrogens (primary N) is 2. The van der Waals surface area contributed by atoms with Crippen LogP contribution in [0.1, 0.15) is 21.5 Å². The second-order valence-electron chi connectivity index (χ2n) is 4.04. The second kappa shape index (κ2) is 5.71. The molecule has 98 valence electrons. The molecule has 1 heterocycles. The number of primary amides is 1. The summed E-state index contributed by atoms with van der Waals surface area (Å²) in [6.07, 6.45) is 3.17. The van der Waals surface area contributed by atoms with Gasteiger partial charge < -0.3 is 11.5 Å². The number of hydrogen-bond donors (Lipinski definition) is 2. The van der Waals surface area contributed by atoms with E-state index in [0.717, 1.165) is 11.1 Å². The monoisotopic (exact) mass is 274 g/mol. The van der Waals surface area contributed by atoms with Gasteiger partial charge in [-0.05, 0) is 30.2 Å². The van der Waals surface area contributed by atoms with E-state index in [1.165, 1.54) is 11.8 Å². The van der Waals surface area contributed by atoms with Gasteiger partial charge in [0.05, 0.1) is 0 Å². The molecule has 0 spiro atoms. The summed E-state index contributed by atoms with van der Waals surface area (Å²) < 4.78 is 0. The van der Waals surface area contributed by atoms with Gasteiger partial charge in [-0.25, -0.2) is 9.97 Å². The lowest BCUT2D eigenvalue weighted by Gasteiger charge is -2.07. The molecule has 19 heavy (non-hydrogen) atoms. The van der Waals surface area contributed by atoms with Crippen LogP contribution in [0.2, 0.25) is 0 Å². The van der Waals surface area contributed by atoms with Gasteiger partial charge in [0.25, 0.3) is 0 Å². The van der Waals surface area contributed by atoms with E-state index < -0.39 is 5.91 Å². The Kier molecular flexibility index (Phi) is 4.01. The second-order valence-corrected chi connectivity index (χ2v) is 5.00. The predicted octanol–water partition coefficient (Wildman–Crippen LogP) is 1.76. The van der Waals surface area contributed by atoms with Gasteiger partial charge in [0.2, 0.25) is 5.91 Å². The van der Waals surface area contributed by atoms with Crippen LogP contribution in [0.5, 0.6) is 0 Å². The minimum Gasteiger partial charge on any atom is -0.381 e. The number of nitrogens with zero attached hydrogens (tertiary/aromatic N) is 2. The van der Waals surface area contributed by atoms with Crippen molar-refractivity contribution < 1.29 is 4.79 Å². The lowest BCUT2D eigenvalue weighted by atomic mass is 10.1. The van der Waals surface area contributed by atoms with Gasteiger partial charge in [0, 0.05) is 23.7 Å². The van der Waals surface area contributed by atoms with E-state index in [-0.39, 0.29) is 0 Å². The van der Waals surface area contributed by atoms with Gasteiger partial charge in [0.1, 0.15) is 5.03 Å². The Hall–Kier alpha value is -2.08. The van der Waals surface area contributed by atoms with Crippen molar-refractivity contribution in [2.75, 3.05) is 5.73 Å². The zero-order valence-corrected chi connectivity index (χ0v) is 11.3. The van der Waals surface area contributed by atoms with E-state index in [1.807, 2.05) is 13.0 Å². The Morgan fingerprint density at radius 3 is 2.68 bits per heavy atom. The fourth-order valence-corrected chi connectivity index (χ4v) is 2.56. The van der Waals surface area contributed by atoms with Crippen LogP contribution in [0, 0.1) is 6.92 Å². The number of thioether (sulfide) groups is 1. The van der Waals surface area contributed by atoms with E-state index in [4.69, 9.17) is 11.5 Å². The van der Waals surface area contributed by atoms with Crippen molar-refractivity contribution in [2.24, 2.45) is 5.73 Å². The summed E-state index contributed by atoms with van der Waals surface area (Å²) in [5.74, 6) is 0.729. The zero-order chi connectivity index (χ0) is 13.8. The van der Waals surface area contributed by atoms with Crippen molar-refractivity contribution in [2.45, 2.75) is 17.7 Å². The molecule has 1 aromatic heterocycles. The third kappa shape index (κ3) is 3.23. The third-order valence-electron chi connectivity index (χ3n) is 2.68. The molecule has 0 atom stereocenters. The van der Waals surface area contributed by atoms with Gasteiger partial charge in [-0.2, -0.15) is 0 Å². The molecular formula is C13H14N4OS. The van der Waals surface area contributed by atoms with E-state index in [0.29, 0.717) is 22.2 Å². The molecular weight excluding hydrogens is 260 g/mol. The van der Waals surface area contributed by atoms with Crippen LogP contribution >= 0.6 is 11.8 Å². The first-order valence-corrected chi connectivity index (χ1v) is 6.65. The van der Waals surface area contributed by atoms with Crippen molar-refractivity contribution in [1.29, 1.82) is 0 Å². The highest BCUT2D eigenvalue weighted by Crippen LogP contribution is 2.25. The van der Waals surface area contributed by atoms with Crippen molar-refractivity contribution in [1.82, 2.24) is 9.97 Å². The normalized spacial score (nSPS) is 10.4. The van der Waals surface area contributed by atoms with Gasteiger partial charge in [0.15, 0.2) is 5.82 Å². The molecule has 2 rings (SSSR count). The average Bonchev–Trinajstić information content (AvgIpc) is 2.39. The summed E-state index contributed by atoms with van der Waals surface area (Å²) in [6.45, 7) is 1.95. The lowest BCUT2D eigenvalue weighted by Crippen LogP contribution is -2.11. The molecule has 0 aliphatic rings. The van der Waals surface area contributed by atoms with E-state index in [1.54, 1.807) is 24.5 Å². The molecule has 0 bridgehead atoms. The summed E-state index contributed by atoms with van der Waals surface area (Å²) in [6, 6.07) is 5.42. The predicted molar refractivity (Wildman–Crippen MR) is 75.7 cm³/mol. The first-order chi connectivity index (χ1) is 9.08. The van der Waals surface area contributed by atoms with Crippen LogP contribution in [-0.4, -0.2) is 15.9 Å². The van der Waals surface area contributed by atoms with Crippen LogP contribution < -0.4 is 11.5 Å². The van der Waals surface area contributed by atoms with E-state index >= 15 is 0 Å². The number of aromatic nitrogens is 2. The third-order valence-corrected chi connectivity index (χ3v) is 3.73. The topological polar surface area (TPSA) is 94.9 Å². The smallest absolute Gasteiger partial charge is 0.248 e. The first kappa shape index (κ1) is 13.4. The van der Waals surface area contributed by atoms with Crippen molar-refractivity contribution in [3.63, 3.8) is 0 Å². The zero-order valence-electron chi connectivity index (χ0n) is 10.5. The maximum atomic E-state index is 11.1. The van der Waals surface area contributed by atoms with Gasteiger partial charge in [-0.3, -0.25) is 4.79 Å². The van der Waals surface area contributed by atoms with Crippen LogP contribution in [-0.2, 0) is 5.75 Å². The Morgan fingerprint density at radius 1 is 1.32 bits per heavy atom. The quantitative estimate of drug-likeness (QED) is 0.828. The molecule has 0 aliphatic heterocycles. The fraction of sp³-hybridized carbons (Fsp3) is 0.154. The largest absolute Gasteiger partial charge is 0.381 e. The molecule has 6 heteroatoms. The first-order valence-electron chi connectivity index (χ1n) is 5.66. The fourth-order valence-electron chi connectivity index (χ4n) is 1.60. The summed E-state index contributed by atoms with van der Waals surface area (Å²) in [4.78, 5) is 19.2. The summed E-state index contributed by atoms with van der Waals surface area (Å²) >= 11 is 1.51. The highest BCUT2D eigenvalue weighted by molar-refractivity contribution is 7.98. The Morgan fingerprint density at radius 2 is 2.05 bits per heavy atom. The van der Waals surface area contributed by atoms with E-state index in [2.05, 4.69) is 9.97 Å². The molecule has 0 unspecified atom stereocenters. The number of carbonyl (C=O) groups is 1. The van der Waals surface area contributed by atoms with Crippen molar-refractivity contribution in [3.8, 4) is 0 Å². The van der Waals surface area contributed by atoms with Crippen LogP contribution in [0.15, 0.2) is 35.6 Å². The van der Waals surface area contributed by atoms with Gasteiger partial charge >= 0.3 is 0 Å². The maximum absolute atomic E-state index is 11.1. The molecule has 1 aromatic carbocycles. The van der Waals surface area contributed by atoms with Crippen LogP contribution in [0.3, 0.4) is 0 Å². The lowest BCUT2D eigenvalue weighted by molar-refractivity contribution is 0.1000. The number of benzene rings is 1. The molecule has 0 radical (unpaired) electrons. The number of rotatable bonds is 4. The molecule has 2 aromatic rings. The molecule has 0 aliphatic carbocycles. The summed E-state index contributed by atoms with van der Waals surface area (Å²) in [5, 5.41) is 0.709. The van der Waals surface area contributed by atoms with Crippen LogP contribution in [0.4, 0.5) is 5.82 Å². The summed E-state index contributed by atoms with van der Waals surface area (Å²) in [5.41, 5.74) is 13.6. The van der Waals surface area contributed by atoms with Gasteiger partial charge in [-0.1, -0.05) is 17.8 Å². The SMILES string of the molecule is Cc1cc(C(N)=O)ccc1CSc1nccnc1N. The minimum atomic E-state index is -0.416. The number of nitrogen functional groups attached to an aromatic ring is 1. The van der Waals surface area contributed by atoms with Crippen molar-refractivity contribution in [3.05, 3.63) is 47.3 Å². The van der Waals surface area contributed by atoms with E-state index in [9.17, 15) is 4.79 Å². The molecule has 5 nitrogen and oxygen atoms in total. The number of amides is 1. The Bertz CT molecular complexity index is 615. The number of anilines is 1. The maximum Gasteiger partial charge on any atom is 0.248 e. The van der Waals surface area contributed by atoms with Gasteiger partial charge in [-0.15, -0.1) is 0 Å². The molecule has 1 amide bonds. The number of carbonyl (C=O) groups excluding carboxylic acids is 1. The molecule has 0 fully saturated rings. The highest BCUT2D eigenvalue weighted by Gasteiger charge is 2.07. The Balaban J connectivity index is 2.12. The average molecular weight is 274 g/mol. The minimum absolute atomic E-state index is 0.416. The highest BCUT2D eigenvalue weighted by atomic mass is 32.2. The summed E-state index contributed by atoms with van der Waals surface area (Å²) in [7, 11) is 0. The van der Waals surface area contributed by atoms with Crippen molar-refractivity contribution >= 4 is 23.5 Å². The van der Waals surface area contributed by atoms with Crippen LogP contribution in [0.25, 0.3) is 0 Å². The molecule has 4 N–H and O–H groups in total. The Labute approximate surface area is 115 Å². The number of hydrogen-bond acceptors (Lipinski definition) is 5. The number of aryl methyl sites for hydroxylation is 1. The molecule has 0 saturated heterocycles.